The maximum atomic E-state index is 12.5. The highest BCUT2D eigenvalue weighted by Crippen LogP contribution is 2.26. The summed E-state index contributed by atoms with van der Waals surface area (Å²) in [7, 11) is 0. The van der Waals surface area contributed by atoms with Crippen molar-refractivity contribution < 1.29 is 4.79 Å². The lowest BCUT2D eigenvalue weighted by molar-refractivity contribution is 0.0701. The summed E-state index contributed by atoms with van der Waals surface area (Å²) in [5.41, 5.74) is 8.31. The number of anilines is 1. The number of nitrogens with zero attached hydrogens (tertiary/aromatic N) is 1. The van der Waals surface area contributed by atoms with E-state index in [9.17, 15) is 4.79 Å². The molecule has 1 atom stereocenters. The number of hydrogen-bond donors (Lipinski definition) is 1. The van der Waals surface area contributed by atoms with Gasteiger partial charge in [0.15, 0.2) is 0 Å². The molecule has 1 aromatic carbocycles. The Morgan fingerprint density at radius 1 is 1.44 bits per heavy atom. The third-order valence-corrected chi connectivity index (χ3v) is 3.86. The summed E-state index contributed by atoms with van der Waals surface area (Å²) in [4.78, 5) is 14.5. The predicted molar refractivity (Wildman–Crippen MR) is 74.5 cm³/mol. The highest BCUT2D eigenvalue weighted by molar-refractivity contribution is 5.95. The lowest BCUT2D eigenvalue weighted by atomic mass is 10.0. The molecule has 1 saturated heterocycles. The van der Waals surface area contributed by atoms with Crippen LogP contribution in [0.4, 0.5) is 5.69 Å². The van der Waals surface area contributed by atoms with Crippen molar-refractivity contribution in [3.8, 4) is 0 Å². The molecule has 1 aliphatic heterocycles. The number of likely N-dealkylation sites (tertiary alicyclic amines) is 1. The highest BCUT2D eigenvalue weighted by atomic mass is 16.2. The second-order valence-electron chi connectivity index (χ2n) is 5.52. The van der Waals surface area contributed by atoms with E-state index in [0.29, 0.717) is 23.2 Å². The van der Waals surface area contributed by atoms with Gasteiger partial charge in [-0.25, -0.2) is 0 Å². The number of aryl methyl sites for hydroxylation is 1. The normalized spacial score (nSPS) is 19.6. The third kappa shape index (κ3) is 2.35. The number of hydrogen-bond acceptors (Lipinski definition) is 2. The van der Waals surface area contributed by atoms with Crippen LogP contribution in [0.25, 0.3) is 0 Å². The molecule has 18 heavy (non-hydrogen) atoms. The van der Waals surface area contributed by atoms with Crippen LogP contribution in [0.5, 0.6) is 0 Å². The second-order valence-corrected chi connectivity index (χ2v) is 5.52. The Morgan fingerprint density at radius 2 is 2.17 bits per heavy atom. The van der Waals surface area contributed by atoms with E-state index in [4.69, 9.17) is 5.73 Å². The van der Waals surface area contributed by atoms with Gasteiger partial charge in [-0.15, -0.1) is 0 Å². The molecule has 1 amide bonds. The van der Waals surface area contributed by atoms with E-state index in [1.807, 2.05) is 24.0 Å². The molecule has 1 unspecified atom stereocenters. The summed E-state index contributed by atoms with van der Waals surface area (Å²) in [6.45, 7) is 7.19. The largest absolute Gasteiger partial charge is 0.398 e. The van der Waals surface area contributed by atoms with E-state index < -0.39 is 0 Å². The van der Waals surface area contributed by atoms with Gasteiger partial charge in [-0.05, 0) is 43.4 Å². The maximum Gasteiger partial charge on any atom is 0.254 e. The number of nitrogens with two attached hydrogens (primary N) is 1. The van der Waals surface area contributed by atoms with Crippen molar-refractivity contribution in [2.24, 2.45) is 5.92 Å². The molecule has 0 aliphatic carbocycles. The van der Waals surface area contributed by atoms with Gasteiger partial charge in [-0.2, -0.15) is 0 Å². The van der Waals surface area contributed by atoms with E-state index in [1.165, 1.54) is 0 Å². The third-order valence-electron chi connectivity index (χ3n) is 3.86. The van der Waals surface area contributed by atoms with Gasteiger partial charge in [-0.1, -0.05) is 19.9 Å². The van der Waals surface area contributed by atoms with E-state index in [-0.39, 0.29) is 5.91 Å². The summed E-state index contributed by atoms with van der Waals surface area (Å²) >= 11 is 0. The van der Waals surface area contributed by atoms with Crippen LogP contribution in [-0.2, 0) is 0 Å². The highest BCUT2D eigenvalue weighted by Gasteiger charge is 2.31. The Labute approximate surface area is 109 Å². The van der Waals surface area contributed by atoms with E-state index in [1.54, 1.807) is 6.07 Å². The molecule has 0 saturated carbocycles. The Balaban J connectivity index is 2.22. The molecule has 2 rings (SSSR count). The average Bonchev–Trinajstić information content (AvgIpc) is 2.81. The van der Waals surface area contributed by atoms with Gasteiger partial charge >= 0.3 is 0 Å². The fourth-order valence-corrected chi connectivity index (χ4v) is 2.68. The fourth-order valence-electron chi connectivity index (χ4n) is 2.68. The molecule has 3 heteroatoms. The van der Waals surface area contributed by atoms with E-state index >= 15 is 0 Å². The molecule has 1 fully saturated rings. The Bertz CT molecular complexity index is 454. The van der Waals surface area contributed by atoms with Crippen molar-refractivity contribution in [3.63, 3.8) is 0 Å². The molecule has 1 aliphatic rings. The van der Waals surface area contributed by atoms with Crippen LogP contribution in [0.1, 0.15) is 42.6 Å². The smallest absolute Gasteiger partial charge is 0.254 e. The first-order chi connectivity index (χ1) is 8.50. The van der Waals surface area contributed by atoms with Gasteiger partial charge in [0.1, 0.15) is 0 Å². The zero-order valence-corrected chi connectivity index (χ0v) is 11.4. The molecule has 0 spiro atoms. The lowest BCUT2D eigenvalue weighted by Crippen LogP contribution is -2.38. The zero-order valence-electron chi connectivity index (χ0n) is 11.4. The van der Waals surface area contributed by atoms with Crippen molar-refractivity contribution >= 4 is 11.6 Å². The van der Waals surface area contributed by atoms with Crippen LogP contribution in [-0.4, -0.2) is 23.4 Å². The van der Waals surface area contributed by atoms with E-state index in [0.717, 1.165) is 24.9 Å². The van der Waals surface area contributed by atoms with Gasteiger partial charge in [0, 0.05) is 23.8 Å². The molecular formula is C15H22N2O. The van der Waals surface area contributed by atoms with Crippen LogP contribution in [0.15, 0.2) is 18.2 Å². The van der Waals surface area contributed by atoms with Crippen LogP contribution in [0, 0.1) is 12.8 Å². The number of carbonyl (C=O) groups excluding carboxylic acids is 1. The molecule has 0 radical (unpaired) electrons. The van der Waals surface area contributed by atoms with Crippen LogP contribution in [0.3, 0.4) is 0 Å². The number of rotatable bonds is 2. The van der Waals surface area contributed by atoms with Gasteiger partial charge in [0.25, 0.3) is 5.91 Å². The molecule has 0 bridgehead atoms. The first-order valence-electron chi connectivity index (χ1n) is 6.68. The van der Waals surface area contributed by atoms with Crippen molar-refractivity contribution in [3.05, 3.63) is 29.3 Å². The maximum absolute atomic E-state index is 12.5. The minimum Gasteiger partial charge on any atom is -0.398 e. The molecule has 1 aromatic rings. The second kappa shape index (κ2) is 5.01. The molecule has 1 heterocycles. The summed E-state index contributed by atoms with van der Waals surface area (Å²) in [5.74, 6) is 0.636. The van der Waals surface area contributed by atoms with Crippen molar-refractivity contribution in [2.75, 3.05) is 12.3 Å². The molecule has 98 valence electrons. The van der Waals surface area contributed by atoms with Crippen LogP contribution in [0.2, 0.25) is 0 Å². The molecule has 0 aromatic heterocycles. The minimum atomic E-state index is 0.123. The van der Waals surface area contributed by atoms with E-state index in [2.05, 4.69) is 13.8 Å². The first-order valence-corrected chi connectivity index (χ1v) is 6.68. The Morgan fingerprint density at radius 3 is 2.78 bits per heavy atom. The summed E-state index contributed by atoms with van der Waals surface area (Å²) in [6, 6.07) is 5.97. The number of amides is 1. The topological polar surface area (TPSA) is 46.3 Å². The Hall–Kier alpha value is -1.51. The van der Waals surface area contributed by atoms with Crippen molar-refractivity contribution in [1.29, 1.82) is 0 Å². The molecule has 2 N–H and O–H groups in total. The number of nitrogen functional groups attached to an aromatic ring is 1. The van der Waals surface area contributed by atoms with Crippen LogP contribution >= 0.6 is 0 Å². The average molecular weight is 246 g/mol. The lowest BCUT2D eigenvalue weighted by Gasteiger charge is -2.28. The standard InChI is InChI=1S/C15H22N2O/c1-10(2)14-5-4-8-17(14)15(18)12-7-6-11(3)13(16)9-12/h6-7,9-10,14H,4-5,8,16H2,1-3H3. The summed E-state index contributed by atoms with van der Waals surface area (Å²) in [5, 5.41) is 0. The van der Waals surface area contributed by atoms with Gasteiger partial charge in [0.05, 0.1) is 0 Å². The van der Waals surface area contributed by atoms with Crippen molar-refractivity contribution in [2.45, 2.75) is 39.7 Å². The Kier molecular flexibility index (Phi) is 3.60. The minimum absolute atomic E-state index is 0.123. The SMILES string of the molecule is Cc1ccc(C(=O)N2CCCC2C(C)C)cc1N. The number of carbonyl (C=O) groups is 1. The summed E-state index contributed by atoms with van der Waals surface area (Å²) in [6.07, 6.45) is 2.22. The fraction of sp³-hybridized carbons (Fsp3) is 0.533. The summed E-state index contributed by atoms with van der Waals surface area (Å²) < 4.78 is 0. The molecule has 3 nitrogen and oxygen atoms in total. The van der Waals surface area contributed by atoms with Crippen molar-refractivity contribution in [1.82, 2.24) is 4.90 Å². The van der Waals surface area contributed by atoms with Gasteiger partial charge in [0.2, 0.25) is 0 Å². The zero-order chi connectivity index (χ0) is 13.3. The number of benzene rings is 1. The van der Waals surface area contributed by atoms with Crippen LogP contribution < -0.4 is 5.73 Å². The predicted octanol–water partition coefficient (Wildman–Crippen LogP) is 2.84. The van der Waals surface area contributed by atoms with Gasteiger partial charge in [-0.3, -0.25) is 4.79 Å². The first kappa shape index (κ1) is 12.9. The monoisotopic (exact) mass is 246 g/mol. The molecular weight excluding hydrogens is 224 g/mol. The quantitative estimate of drug-likeness (QED) is 0.816. The van der Waals surface area contributed by atoms with Gasteiger partial charge < -0.3 is 10.6 Å².